The quantitative estimate of drug-likeness (QED) is 0.762. The van der Waals surface area contributed by atoms with Crippen LogP contribution in [0.15, 0.2) is 30.3 Å². The van der Waals surface area contributed by atoms with Gasteiger partial charge >= 0.3 is 0 Å². The largest absolute Gasteiger partial charge is 0.309 e. The fourth-order valence-corrected chi connectivity index (χ4v) is 3.16. The zero-order valence-electron chi connectivity index (χ0n) is 12.6. The molecule has 0 amide bonds. The number of hydrogen-bond acceptors (Lipinski definition) is 1. The van der Waals surface area contributed by atoms with Crippen molar-refractivity contribution in [2.75, 3.05) is 6.54 Å². The van der Waals surface area contributed by atoms with Gasteiger partial charge in [0.15, 0.2) is 0 Å². The van der Waals surface area contributed by atoms with Crippen molar-refractivity contribution < 1.29 is 0 Å². The van der Waals surface area contributed by atoms with Gasteiger partial charge in [-0.3, -0.25) is 0 Å². The zero-order valence-corrected chi connectivity index (χ0v) is 12.6. The van der Waals surface area contributed by atoms with Crippen LogP contribution in [0.2, 0.25) is 0 Å². The first-order valence-corrected chi connectivity index (χ1v) is 8.09. The second-order valence-corrected chi connectivity index (χ2v) is 6.21. The molecule has 1 aromatic carbocycles. The third-order valence-corrected chi connectivity index (χ3v) is 4.66. The van der Waals surface area contributed by atoms with E-state index >= 15 is 0 Å². The summed E-state index contributed by atoms with van der Waals surface area (Å²) in [6, 6.07) is 11.6. The van der Waals surface area contributed by atoms with Crippen LogP contribution in [0.25, 0.3) is 0 Å². The van der Waals surface area contributed by atoms with Crippen molar-refractivity contribution in [3.8, 4) is 0 Å². The average Bonchev–Trinajstić information content (AvgIpc) is 2.49. The highest BCUT2D eigenvalue weighted by Crippen LogP contribution is 2.34. The fraction of sp³-hybridized carbons (Fsp3) is 0.667. The van der Waals surface area contributed by atoms with E-state index < -0.39 is 0 Å². The number of nitrogens with one attached hydrogen (secondary N) is 1. The Hall–Kier alpha value is -0.820. The van der Waals surface area contributed by atoms with E-state index in [2.05, 4.69) is 49.5 Å². The summed E-state index contributed by atoms with van der Waals surface area (Å²) in [6.07, 6.45) is 8.32. The Kier molecular flexibility index (Phi) is 5.91. The van der Waals surface area contributed by atoms with Crippen molar-refractivity contribution in [1.29, 1.82) is 0 Å². The molecule has 1 fully saturated rings. The van der Waals surface area contributed by atoms with Gasteiger partial charge in [-0.15, -0.1) is 0 Å². The summed E-state index contributed by atoms with van der Waals surface area (Å²) in [7, 11) is 0. The highest BCUT2D eigenvalue weighted by atomic mass is 14.9. The third kappa shape index (κ3) is 4.35. The second kappa shape index (κ2) is 7.69. The van der Waals surface area contributed by atoms with Gasteiger partial charge in [-0.1, -0.05) is 69.9 Å². The van der Waals surface area contributed by atoms with Gasteiger partial charge in [-0.2, -0.15) is 0 Å². The number of hydrogen-bond donors (Lipinski definition) is 1. The molecular formula is C18H29N. The van der Waals surface area contributed by atoms with Crippen LogP contribution >= 0.6 is 0 Å². The van der Waals surface area contributed by atoms with Crippen molar-refractivity contribution in [3.63, 3.8) is 0 Å². The minimum absolute atomic E-state index is 0.565. The first-order valence-electron chi connectivity index (χ1n) is 8.09. The van der Waals surface area contributed by atoms with Gasteiger partial charge < -0.3 is 5.32 Å². The monoisotopic (exact) mass is 259 g/mol. The SMILES string of the molecule is CCC(C)CNC(c1ccccc1)C1CCCCC1. The normalized spacial score (nSPS) is 20.1. The van der Waals surface area contributed by atoms with E-state index in [1.54, 1.807) is 0 Å². The highest BCUT2D eigenvalue weighted by Gasteiger charge is 2.24. The van der Waals surface area contributed by atoms with Crippen LogP contribution in [0.4, 0.5) is 0 Å². The highest BCUT2D eigenvalue weighted by molar-refractivity contribution is 5.20. The Bertz CT molecular complexity index is 340. The Balaban J connectivity index is 2.04. The fourth-order valence-electron chi connectivity index (χ4n) is 3.16. The Morgan fingerprint density at radius 2 is 1.79 bits per heavy atom. The smallest absolute Gasteiger partial charge is 0.0348 e. The molecule has 1 aromatic rings. The summed E-state index contributed by atoms with van der Waals surface area (Å²) < 4.78 is 0. The van der Waals surface area contributed by atoms with Crippen LogP contribution < -0.4 is 5.32 Å². The molecule has 0 saturated heterocycles. The summed E-state index contributed by atoms with van der Waals surface area (Å²) in [5.74, 6) is 1.61. The van der Waals surface area contributed by atoms with Crippen molar-refractivity contribution in [2.24, 2.45) is 11.8 Å². The van der Waals surface area contributed by atoms with E-state index in [0.717, 1.165) is 18.4 Å². The van der Waals surface area contributed by atoms with Gasteiger partial charge in [0.1, 0.15) is 0 Å². The van der Waals surface area contributed by atoms with Gasteiger partial charge in [0.25, 0.3) is 0 Å². The molecule has 0 bridgehead atoms. The van der Waals surface area contributed by atoms with Crippen LogP contribution in [0.5, 0.6) is 0 Å². The van der Waals surface area contributed by atoms with Gasteiger partial charge in [0, 0.05) is 6.04 Å². The van der Waals surface area contributed by atoms with Crippen LogP contribution in [-0.4, -0.2) is 6.54 Å². The molecule has 0 heterocycles. The first kappa shape index (κ1) is 14.6. The van der Waals surface area contributed by atoms with E-state index in [1.165, 1.54) is 44.1 Å². The predicted molar refractivity (Wildman–Crippen MR) is 83.2 cm³/mol. The lowest BCUT2D eigenvalue weighted by atomic mass is 9.81. The van der Waals surface area contributed by atoms with E-state index in [-0.39, 0.29) is 0 Å². The topological polar surface area (TPSA) is 12.0 Å². The maximum absolute atomic E-state index is 3.86. The summed E-state index contributed by atoms with van der Waals surface area (Å²) in [5.41, 5.74) is 1.48. The van der Waals surface area contributed by atoms with Crippen LogP contribution in [0.3, 0.4) is 0 Å². The molecule has 2 atom stereocenters. The molecule has 1 aliphatic rings. The summed E-state index contributed by atoms with van der Waals surface area (Å²) in [4.78, 5) is 0. The molecule has 1 nitrogen and oxygen atoms in total. The third-order valence-electron chi connectivity index (χ3n) is 4.66. The van der Waals surface area contributed by atoms with Crippen LogP contribution in [-0.2, 0) is 0 Å². The maximum Gasteiger partial charge on any atom is 0.0348 e. The van der Waals surface area contributed by atoms with Gasteiger partial charge in [-0.05, 0) is 36.8 Å². The predicted octanol–water partition coefficient (Wildman–Crippen LogP) is 4.94. The first-order chi connectivity index (χ1) is 9.31. The molecule has 106 valence electrons. The lowest BCUT2D eigenvalue weighted by Gasteiger charge is -2.32. The minimum atomic E-state index is 0.565. The van der Waals surface area contributed by atoms with Crippen molar-refractivity contribution in [3.05, 3.63) is 35.9 Å². The molecule has 2 unspecified atom stereocenters. The Morgan fingerprint density at radius 3 is 2.42 bits per heavy atom. The lowest BCUT2D eigenvalue weighted by molar-refractivity contribution is 0.263. The van der Waals surface area contributed by atoms with Gasteiger partial charge in [-0.25, -0.2) is 0 Å². The van der Waals surface area contributed by atoms with Crippen LogP contribution in [0, 0.1) is 11.8 Å². The van der Waals surface area contributed by atoms with Gasteiger partial charge in [0.2, 0.25) is 0 Å². The van der Waals surface area contributed by atoms with Crippen molar-refractivity contribution >= 4 is 0 Å². The summed E-state index contributed by atoms with van der Waals surface area (Å²) in [5, 5.41) is 3.86. The zero-order chi connectivity index (χ0) is 13.5. The molecule has 0 aliphatic heterocycles. The lowest BCUT2D eigenvalue weighted by Crippen LogP contribution is -2.32. The molecule has 2 rings (SSSR count). The molecule has 0 radical (unpaired) electrons. The number of benzene rings is 1. The van der Waals surface area contributed by atoms with Crippen molar-refractivity contribution in [2.45, 2.75) is 58.4 Å². The van der Waals surface area contributed by atoms with Crippen LogP contribution in [0.1, 0.15) is 64.0 Å². The summed E-state index contributed by atoms with van der Waals surface area (Å²) in [6.45, 7) is 5.77. The minimum Gasteiger partial charge on any atom is -0.309 e. The molecular weight excluding hydrogens is 230 g/mol. The molecule has 0 spiro atoms. The Morgan fingerprint density at radius 1 is 1.11 bits per heavy atom. The maximum atomic E-state index is 3.86. The summed E-state index contributed by atoms with van der Waals surface area (Å²) >= 11 is 0. The second-order valence-electron chi connectivity index (χ2n) is 6.21. The van der Waals surface area contributed by atoms with E-state index in [0.29, 0.717) is 6.04 Å². The molecule has 1 heteroatoms. The Labute approximate surface area is 118 Å². The van der Waals surface area contributed by atoms with Crippen molar-refractivity contribution in [1.82, 2.24) is 5.32 Å². The average molecular weight is 259 g/mol. The molecule has 19 heavy (non-hydrogen) atoms. The van der Waals surface area contributed by atoms with E-state index in [1.807, 2.05) is 0 Å². The molecule has 0 aromatic heterocycles. The van der Waals surface area contributed by atoms with E-state index in [9.17, 15) is 0 Å². The van der Waals surface area contributed by atoms with E-state index in [4.69, 9.17) is 0 Å². The number of rotatable bonds is 6. The molecule has 1 aliphatic carbocycles. The van der Waals surface area contributed by atoms with Gasteiger partial charge in [0.05, 0.1) is 0 Å². The standard InChI is InChI=1S/C18H29N/c1-3-15(2)14-19-18(16-10-6-4-7-11-16)17-12-8-5-9-13-17/h4,6-7,10-11,15,17-19H,3,5,8-9,12-14H2,1-2H3. The molecule has 1 N–H and O–H groups in total. The molecule has 1 saturated carbocycles.